The number of fused-ring (bicyclic) bond motifs is 2. The zero-order valence-electron chi connectivity index (χ0n) is 30.4. The zero-order chi connectivity index (χ0) is 42.5. The Balaban J connectivity index is 1.38. The monoisotopic (exact) mass is 828 g/mol. The topological polar surface area (TPSA) is 0 Å². The quantitative estimate of drug-likeness (QED) is 0.0942. The zero-order valence-corrected chi connectivity index (χ0v) is 30.4. The minimum Gasteiger partial charge on any atom is -0.166 e. The molecule has 0 unspecified atom stereocenters. The van der Waals surface area contributed by atoms with Crippen LogP contribution in [0.4, 0.5) is 52.7 Å². The van der Waals surface area contributed by atoms with Gasteiger partial charge in [0.15, 0.2) is 0 Å². The molecule has 60 heavy (non-hydrogen) atoms. The number of halogens is 12. The summed E-state index contributed by atoms with van der Waals surface area (Å²) in [5.41, 5.74) is 0.351. The molecule has 0 nitrogen and oxygen atoms in total. The average molecular weight is 829 g/mol. The Morgan fingerprint density at radius 1 is 0.217 bits per heavy atom. The van der Waals surface area contributed by atoms with Crippen LogP contribution >= 0.6 is 0 Å². The van der Waals surface area contributed by atoms with Gasteiger partial charge in [0.2, 0.25) is 0 Å². The van der Waals surface area contributed by atoms with Crippen LogP contribution in [0.25, 0.3) is 87.6 Å². The first-order valence-electron chi connectivity index (χ1n) is 18.2. The summed E-state index contributed by atoms with van der Waals surface area (Å²) < 4.78 is 163. The maximum Gasteiger partial charge on any atom is 0.416 e. The SMILES string of the molecule is FC(F)(F)c1ccc(-c2cc3cc(-c4ccc(C(F)(F)F)cc4)cc4c5cc(-c6ccc(C(F)(F)F)cc6)cc6cc(-c7ccc(C(F)(F)F)cc7)cc(c(c2)c34)c65)cc1. The van der Waals surface area contributed by atoms with Crippen LogP contribution in [0.2, 0.25) is 0 Å². The van der Waals surface area contributed by atoms with Crippen molar-refractivity contribution in [2.75, 3.05) is 0 Å². The molecule has 0 amide bonds. The summed E-state index contributed by atoms with van der Waals surface area (Å²) in [6.45, 7) is 0. The second-order valence-corrected chi connectivity index (χ2v) is 14.6. The predicted octanol–water partition coefficient (Wildman–Crippen LogP) is 16.5. The van der Waals surface area contributed by atoms with Crippen molar-refractivity contribution in [3.8, 4) is 44.5 Å². The summed E-state index contributed by atoms with van der Waals surface area (Å²) >= 11 is 0. The predicted molar refractivity (Wildman–Crippen MR) is 209 cm³/mol. The molecule has 0 saturated carbocycles. The number of hydrogen-bond acceptors (Lipinski definition) is 0. The average Bonchev–Trinajstić information content (AvgIpc) is 3.20. The fourth-order valence-corrected chi connectivity index (χ4v) is 7.95. The van der Waals surface area contributed by atoms with E-state index in [0.29, 0.717) is 87.6 Å². The molecule has 0 heterocycles. The van der Waals surface area contributed by atoms with Gasteiger partial charge in [-0.2, -0.15) is 52.7 Å². The number of alkyl halides is 12. The molecular weight excluding hydrogens is 805 g/mol. The Kier molecular flexibility index (Phi) is 8.75. The van der Waals surface area contributed by atoms with E-state index in [-0.39, 0.29) is 0 Å². The number of benzene rings is 9. The van der Waals surface area contributed by atoms with E-state index < -0.39 is 47.0 Å². The van der Waals surface area contributed by atoms with Gasteiger partial charge in [-0.25, -0.2) is 0 Å². The van der Waals surface area contributed by atoms with Gasteiger partial charge in [0.25, 0.3) is 0 Å². The Hall–Kier alpha value is -6.56. The normalized spacial score (nSPS) is 13.0. The molecule has 0 aromatic heterocycles. The molecule has 0 aliphatic rings. The second kappa shape index (κ2) is 13.5. The summed E-state index contributed by atoms with van der Waals surface area (Å²) in [5.74, 6) is 0. The van der Waals surface area contributed by atoms with Crippen LogP contribution in [-0.4, -0.2) is 0 Å². The van der Waals surface area contributed by atoms with Crippen LogP contribution < -0.4 is 0 Å². The van der Waals surface area contributed by atoms with E-state index in [4.69, 9.17) is 0 Å². The highest BCUT2D eigenvalue weighted by Gasteiger charge is 2.33. The second-order valence-electron chi connectivity index (χ2n) is 14.6. The first kappa shape index (κ1) is 38.9. The Bertz CT molecular complexity index is 2660. The van der Waals surface area contributed by atoms with Crippen molar-refractivity contribution in [1.82, 2.24) is 0 Å². The summed E-state index contributed by atoms with van der Waals surface area (Å²) in [4.78, 5) is 0. The third-order valence-corrected chi connectivity index (χ3v) is 10.9. The van der Waals surface area contributed by atoms with Crippen LogP contribution in [0, 0.1) is 0 Å². The highest BCUT2D eigenvalue weighted by atomic mass is 19.4. The molecule has 0 aliphatic carbocycles. The van der Waals surface area contributed by atoms with E-state index in [9.17, 15) is 52.7 Å². The molecule has 0 saturated heterocycles. The van der Waals surface area contributed by atoms with Gasteiger partial charge >= 0.3 is 24.7 Å². The van der Waals surface area contributed by atoms with E-state index in [1.165, 1.54) is 48.5 Å². The van der Waals surface area contributed by atoms with Gasteiger partial charge < -0.3 is 0 Å². The molecule has 12 heteroatoms. The van der Waals surface area contributed by atoms with Crippen LogP contribution in [0.5, 0.6) is 0 Å². The van der Waals surface area contributed by atoms with Crippen LogP contribution in [0.15, 0.2) is 146 Å². The van der Waals surface area contributed by atoms with Gasteiger partial charge in [-0.05, 0) is 185 Å². The van der Waals surface area contributed by atoms with Crippen LogP contribution in [-0.2, 0) is 24.7 Å². The van der Waals surface area contributed by atoms with Crippen molar-refractivity contribution in [2.45, 2.75) is 24.7 Å². The third kappa shape index (κ3) is 6.93. The lowest BCUT2D eigenvalue weighted by atomic mass is 9.83. The number of hydrogen-bond donors (Lipinski definition) is 0. The fourth-order valence-electron chi connectivity index (χ4n) is 7.95. The Morgan fingerprint density at radius 3 is 0.567 bits per heavy atom. The molecule has 0 spiro atoms. The molecule has 0 radical (unpaired) electrons. The molecule has 0 bridgehead atoms. The molecular formula is C48H24F12. The summed E-state index contributed by atoms with van der Waals surface area (Å²) in [5, 5.41) is 5.01. The maximum atomic E-state index is 13.6. The molecule has 0 fully saturated rings. The van der Waals surface area contributed by atoms with Gasteiger partial charge in [-0.1, -0.05) is 48.5 Å². The molecule has 0 aliphatic heterocycles. The molecule has 0 atom stereocenters. The van der Waals surface area contributed by atoms with Gasteiger partial charge in [0.1, 0.15) is 0 Å². The van der Waals surface area contributed by atoms with E-state index >= 15 is 0 Å². The first-order chi connectivity index (χ1) is 28.2. The molecule has 9 aromatic carbocycles. The smallest absolute Gasteiger partial charge is 0.166 e. The standard InChI is InChI=1S/C48H24F12/c49-45(50,51)35-9-1-25(2-10-35)29-17-33-18-30(26-3-11-36(12-4-26)46(52,53)54)23-41-42-24-32(28-7-15-38(16-8-28)48(58,59)60)20-34-19-31(22-40(44(34)42)39(21-29)43(33)41)27-5-13-37(14-6-27)47(55,56)57/h1-24H. The van der Waals surface area contributed by atoms with E-state index in [1.807, 2.05) is 24.3 Å². The molecule has 0 N–H and O–H groups in total. The van der Waals surface area contributed by atoms with Gasteiger partial charge in [0.05, 0.1) is 22.3 Å². The van der Waals surface area contributed by atoms with Gasteiger partial charge in [-0.15, -0.1) is 0 Å². The lowest BCUT2D eigenvalue weighted by Gasteiger charge is -2.20. The molecule has 9 rings (SSSR count). The van der Waals surface area contributed by atoms with E-state index in [0.717, 1.165) is 48.5 Å². The lowest BCUT2D eigenvalue weighted by molar-refractivity contribution is -0.138. The van der Waals surface area contributed by atoms with E-state index in [1.54, 1.807) is 24.3 Å². The van der Waals surface area contributed by atoms with Crippen molar-refractivity contribution in [1.29, 1.82) is 0 Å². The van der Waals surface area contributed by atoms with Crippen molar-refractivity contribution < 1.29 is 52.7 Å². The largest absolute Gasteiger partial charge is 0.416 e. The van der Waals surface area contributed by atoms with Gasteiger partial charge in [0, 0.05) is 0 Å². The molecule has 300 valence electrons. The van der Waals surface area contributed by atoms with Gasteiger partial charge in [-0.3, -0.25) is 0 Å². The highest BCUT2D eigenvalue weighted by Crippen LogP contribution is 2.47. The van der Waals surface area contributed by atoms with Crippen molar-refractivity contribution in [2.24, 2.45) is 0 Å². The first-order valence-corrected chi connectivity index (χ1v) is 18.2. The van der Waals surface area contributed by atoms with Crippen molar-refractivity contribution in [3.05, 3.63) is 168 Å². The van der Waals surface area contributed by atoms with Crippen molar-refractivity contribution in [3.63, 3.8) is 0 Å². The lowest BCUT2D eigenvalue weighted by Crippen LogP contribution is -2.04. The Labute approximate surface area is 332 Å². The third-order valence-electron chi connectivity index (χ3n) is 10.9. The van der Waals surface area contributed by atoms with Crippen molar-refractivity contribution >= 4 is 43.1 Å². The maximum absolute atomic E-state index is 13.6. The minimum absolute atomic E-state index is 0.432. The Morgan fingerprint density at radius 2 is 0.400 bits per heavy atom. The highest BCUT2D eigenvalue weighted by molar-refractivity contribution is 6.35. The summed E-state index contributed by atoms with van der Waals surface area (Å²) in [6.07, 6.45) is -18.4. The van der Waals surface area contributed by atoms with Crippen LogP contribution in [0.1, 0.15) is 22.3 Å². The molecule has 9 aromatic rings. The summed E-state index contributed by atoms with van der Waals surface area (Å²) in [6, 6.07) is 32.6. The summed E-state index contributed by atoms with van der Waals surface area (Å²) in [7, 11) is 0. The number of rotatable bonds is 4. The fraction of sp³-hybridized carbons (Fsp3) is 0.0833. The van der Waals surface area contributed by atoms with E-state index in [2.05, 4.69) is 0 Å². The minimum atomic E-state index is -4.59. The van der Waals surface area contributed by atoms with Crippen LogP contribution in [0.3, 0.4) is 0 Å².